The molecule has 2 unspecified atom stereocenters. The van der Waals surface area contributed by atoms with Crippen LogP contribution in [0.25, 0.3) is 0 Å². The summed E-state index contributed by atoms with van der Waals surface area (Å²) in [5.41, 5.74) is 0.898. The van der Waals surface area contributed by atoms with E-state index < -0.39 is 0 Å². The van der Waals surface area contributed by atoms with Gasteiger partial charge >= 0.3 is 5.97 Å². The third-order valence-corrected chi connectivity index (χ3v) is 5.06. The molecule has 5 heteroatoms. The first kappa shape index (κ1) is 24.9. The fraction of sp³-hybridized carbons (Fsp3) is 0.696. The molecule has 1 rings (SSSR count). The van der Waals surface area contributed by atoms with Crippen molar-refractivity contribution in [3.05, 3.63) is 34.9 Å². The molecule has 0 radical (unpaired) electrons. The van der Waals surface area contributed by atoms with Crippen molar-refractivity contribution in [2.45, 2.75) is 78.4 Å². The number of carbonyl (C=O) groups excluding carboxylic acids is 1. The fourth-order valence-electron chi connectivity index (χ4n) is 2.86. The van der Waals surface area contributed by atoms with Crippen molar-refractivity contribution in [2.75, 3.05) is 19.8 Å². The van der Waals surface area contributed by atoms with Crippen LogP contribution in [0.4, 0.5) is 0 Å². The van der Waals surface area contributed by atoms with E-state index in [1.807, 2.05) is 24.3 Å². The van der Waals surface area contributed by atoms with Gasteiger partial charge in [-0.3, -0.25) is 4.79 Å². The number of nitrogens with one attached hydrogen (secondary N) is 1. The lowest BCUT2D eigenvalue weighted by molar-refractivity contribution is -0.146. The molecule has 0 aliphatic heterocycles. The first-order valence-corrected chi connectivity index (χ1v) is 10.9. The van der Waals surface area contributed by atoms with E-state index in [-0.39, 0.29) is 24.0 Å². The smallest absolute Gasteiger partial charge is 0.308 e. The second-order valence-corrected chi connectivity index (χ2v) is 8.77. The molecule has 0 fully saturated rings. The highest BCUT2D eigenvalue weighted by Crippen LogP contribution is 2.26. The van der Waals surface area contributed by atoms with Gasteiger partial charge in [0.15, 0.2) is 0 Å². The summed E-state index contributed by atoms with van der Waals surface area (Å²) in [6, 6.07) is 7.68. The third kappa shape index (κ3) is 10.4. The summed E-state index contributed by atoms with van der Waals surface area (Å²) < 4.78 is 11.5. The molecule has 0 aliphatic rings. The minimum Gasteiger partial charge on any atom is -0.465 e. The Hall–Kier alpha value is -1.10. The Morgan fingerprint density at radius 2 is 1.93 bits per heavy atom. The summed E-state index contributed by atoms with van der Waals surface area (Å²) in [6.07, 6.45) is 4.54. The number of unbranched alkanes of at least 4 members (excludes halogenated alkanes) is 1. The molecule has 0 aromatic heterocycles. The molecule has 2 atom stereocenters. The summed E-state index contributed by atoms with van der Waals surface area (Å²) in [5, 5.41) is 4.13. The van der Waals surface area contributed by atoms with Crippen molar-refractivity contribution < 1.29 is 14.3 Å². The standard InChI is InChI=1S/C23H38ClNO3/c1-6-8-11-18(7-2)17-28-22(26)14-15-27-21(16-25-23(3,4)5)19-12-9-10-13-20(19)24/h9-10,12-13,18,21,25H,6-8,11,14-17H2,1-5H3. The second kappa shape index (κ2) is 13.2. The van der Waals surface area contributed by atoms with Crippen molar-refractivity contribution in [1.29, 1.82) is 0 Å². The lowest BCUT2D eigenvalue weighted by Crippen LogP contribution is -2.39. The van der Waals surface area contributed by atoms with Crippen molar-refractivity contribution in [2.24, 2.45) is 5.92 Å². The molecule has 0 saturated carbocycles. The van der Waals surface area contributed by atoms with Crippen LogP contribution in [0.3, 0.4) is 0 Å². The highest BCUT2D eigenvalue weighted by molar-refractivity contribution is 6.31. The van der Waals surface area contributed by atoms with Gasteiger partial charge in [0.1, 0.15) is 0 Å². The monoisotopic (exact) mass is 411 g/mol. The number of hydrogen-bond donors (Lipinski definition) is 1. The van der Waals surface area contributed by atoms with Crippen LogP contribution < -0.4 is 5.32 Å². The summed E-state index contributed by atoms with van der Waals surface area (Å²) in [5.74, 6) is 0.258. The van der Waals surface area contributed by atoms with Crippen LogP contribution in [0, 0.1) is 5.92 Å². The van der Waals surface area contributed by atoms with Gasteiger partial charge in [-0.1, -0.05) is 62.9 Å². The Kier molecular flexibility index (Phi) is 11.7. The molecule has 4 nitrogen and oxygen atoms in total. The van der Waals surface area contributed by atoms with Crippen LogP contribution in [0.5, 0.6) is 0 Å². The van der Waals surface area contributed by atoms with E-state index in [1.54, 1.807) is 0 Å². The van der Waals surface area contributed by atoms with Gasteiger partial charge in [-0.15, -0.1) is 0 Å². The van der Waals surface area contributed by atoms with Crippen LogP contribution in [0.15, 0.2) is 24.3 Å². The topological polar surface area (TPSA) is 47.6 Å². The van der Waals surface area contributed by atoms with Gasteiger partial charge in [0.05, 0.1) is 25.7 Å². The fourth-order valence-corrected chi connectivity index (χ4v) is 3.12. The van der Waals surface area contributed by atoms with Gasteiger partial charge in [-0.2, -0.15) is 0 Å². The van der Waals surface area contributed by atoms with Crippen molar-refractivity contribution >= 4 is 17.6 Å². The molecule has 28 heavy (non-hydrogen) atoms. The molecule has 0 spiro atoms. The second-order valence-electron chi connectivity index (χ2n) is 8.36. The van der Waals surface area contributed by atoms with Gasteiger partial charge in [-0.05, 0) is 39.2 Å². The molecule has 0 saturated heterocycles. The summed E-state index contributed by atoms with van der Waals surface area (Å²) in [6.45, 7) is 12.1. The third-order valence-electron chi connectivity index (χ3n) is 4.72. The molecule has 1 N–H and O–H groups in total. The Labute approximate surface area is 176 Å². The number of hydrogen-bond acceptors (Lipinski definition) is 4. The van der Waals surface area contributed by atoms with E-state index in [1.165, 1.54) is 12.8 Å². The van der Waals surface area contributed by atoms with Gasteiger partial charge in [0, 0.05) is 22.7 Å². The molecule has 160 valence electrons. The Morgan fingerprint density at radius 1 is 1.21 bits per heavy atom. The van der Waals surface area contributed by atoms with Crippen LogP contribution in [0.1, 0.15) is 78.4 Å². The van der Waals surface area contributed by atoms with E-state index in [4.69, 9.17) is 21.1 Å². The number of benzene rings is 1. The van der Waals surface area contributed by atoms with Gasteiger partial charge in [0.25, 0.3) is 0 Å². The van der Waals surface area contributed by atoms with Crippen molar-refractivity contribution in [1.82, 2.24) is 5.32 Å². The summed E-state index contributed by atoms with van der Waals surface area (Å²) in [7, 11) is 0. The first-order valence-electron chi connectivity index (χ1n) is 10.5. The van der Waals surface area contributed by atoms with Crippen LogP contribution in [-0.2, 0) is 14.3 Å². The first-order chi connectivity index (χ1) is 13.3. The number of carbonyl (C=O) groups is 1. The van der Waals surface area contributed by atoms with Crippen LogP contribution >= 0.6 is 11.6 Å². The maximum atomic E-state index is 12.1. The van der Waals surface area contributed by atoms with Crippen LogP contribution in [0.2, 0.25) is 5.02 Å². The maximum absolute atomic E-state index is 12.1. The lowest BCUT2D eigenvalue weighted by atomic mass is 10.0. The van der Waals surface area contributed by atoms with Gasteiger partial charge in [-0.25, -0.2) is 0 Å². The molecule has 0 heterocycles. The van der Waals surface area contributed by atoms with E-state index >= 15 is 0 Å². The average molecular weight is 412 g/mol. The number of esters is 1. The van der Waals surface area contributed by atoms with E-state index in [9.17, 15) is 4.79 Å². The maximum Gasteiger partial charge on any atom is 0.308 e. The quantitative estimate of drug-likeness (QED) is 0.408. The zero-order chi connectivity index (χ0) is 21.0. The van der Waals surface area contributed by atoms with E-state index in [2.05, 4.69) is 39.9 Å². The number of ether oxygens (including phenoxy) is 2. The average Bonchev–Trinajstić information content (AvgIpc) is 2.64. The molecule has 0 bridgehead atoms. The van der Waals surface area contributed by atoms with Gasteiger partial charge < -0.3 is 14.8 Å². The minimum atomic E-state index is -0.214. The predicted molar refractivity (Wildman–Crippen MR) is 117 cm³/mol. The highest BCUT2D eigenvalue weighted by Gasteiger charge is 2.19. The van der Waals surface area contributed by atoms with Gasteiger partial charge in [0.2, 0.25) is 0 Å². The zero-order valence-corrected chi connectivity index (χ0v) is 19.0. The van der Waals surface area contributed by atoms with E-state index in [0.717, 1.165) is 18.4 Å². The van der Waals surface area contributed by atoms with Crippen molar-refractivity contribution in [3.63, 3.8) is 0 Å². The Morgan fingerprint density at radius 3 is 2.54 bits per heavy atom. The molecular formula is C23H38ClNO3. The summed E-state index contributed by atoms with van der Waals surface area (Å²) >= 11 is 6.35. The minimum absolute atomic E-state index is 0.0323. The predicted octanol–water partition coefficient (Wildman–Crippen LogP) is 5.94. The highest BCUT2D eigenvalue weighted by atomic mass is 35.5. The molecular weight excluding hydrogens is 374 g/mol. The number of halogens is 1. The Bertz CT molecular complexity index is 571. The normalized spacial score (nSPS) is 13.9. The lowest BCUT2D eigenvalue weighted by Gasteiger charge is -2.26. The molecule has 1 aromatic carbocycles. The van der Waals surface area contributed by atoms with Crippen LogP contribution in [-0.4, -0.2) is 31.3 Å². The van der Waals surface area contributed by atoms with E-state index in [0.29, 0.717) is 30.7 Å². The largest absolute Gasteiger partial charge is 0.465 e. The Balaban J connectivity index is 2.51. The van der Waals surface area contributed by atoms with Crippen molar-refractivity contribution in [3.8, 4) is 0 Å². The molecule has 0 aliphatic carbocycles. The summed E-state index contributed by atoms with van der Waals surface area (Å²) in [4.78, 5) is 12.1. The zero-order valence-electron chi connectivity index (χ0n) is 18.2. The molecule has 0 amide bonds. The SMILES string of the molecule is CCCCC(CC)COC(=O)CCOC(CNC(C)(C)C)c1ccccc1Cl. The number of rotatable bonds is 13. The molecule has 1 aromatic rings.